The van der Waals surface area contributed by atoms with Crippen LogP contribution in [0.5, 0.6) is 0 Å². The standard InChI is InChI=1S/C17H25FN2/c18-16-7-3-6-14(10-16)17(11-19)20-9-8-13-4-1-2-5-15(13)12-20/h3,6-7,10,13,15,17H,1-2,4-5,8-9,11-12,19H2. The van der Waals surface area contributed by atoms with Crippen molar-refractivity contribution in [2.45, 2.75) is 38.1 Å². The van der Waals surface area contributed by atoms with E-state index in [1.807, 2.05) is 6.07 Å². The molecule has 0 aromatic heterocycles. The molecule has 0 amide bonds. The van der Waals surface area contributed by atoms with Gasteiger partial charge in [0.1, 0.15) is 5.82 Å². The summed E-state index contributed by atoms with van der Waals surface area (Å²) >= 11 is 0. The molecule has 1 aromatic rings. The van der Waals surface area contributed by atoms with E-state index < -0.39 is 0 Å². The average molecular weight is 276 g/mol. The van der Waals surface area contributed by atoms with E-state index >= 15 is 0 Å². The highest BCUT2D eigenvalue weighted by atomic mass is 19.1. The van der Waals surface area contributed by atoms with Gasteiger partial charge in [-0.3, -0.25) is 4.90 Å². The summed E-state index contributed by atoms with van der Waals surface area (Å²) in [5, 5.41) is 0. The van der Waals surface area contributed by atoms with Gasteiger partial charge in [-0.05, 0) is 48.9 Å². The molecule has 1 saturated heterocycles. The topological polar surface area (TPSA) is 29.3 Å². The zero-order valence-corrected chi connectivity index (χ0v) is 12.1. The van der Waals surface area contributed by atoms with Crippen molar-refractivity contribution in [2.24, 2.45) is 17.6 Å². The number of hydrogen-bond donors (Lipinski definition) is 1. The van der Waals surface area contributed by atoms with Crippen LogP contribution in [0.1, 0.15) is 43.7 Å². The molecule has 0 spiro atoms. The number of nitrogens with two attached hydrogens (primary N) is 1. The van der Waals surface area contributed by atoms with Crippen LogP contribution in [0.4, 0.5) is 4.39 Å². The van der Waals surface area contributed by atoms with E-state index in [0.29, 0.717) is 6.54 Å². The summed E-state index contributed by atoms with van der Waals surface area (Å²) in [6, 6.07) is 7.12. The zero-order valence-electron chi connectivity index (χ0n) is 12.1. The van der Waals surface area contributed by atoms with Gasteiger partial charge in [-0.15, -0.1) is 0 Å². The molecular weight excluding hydrogens is 251 g/mol. The first-order valence-electron chi connectivity index (χ1n) is 7.97. The summed E-state index contributed by atoms with van der Waals surface area (Å²) in [6.45, 7) is 2.82. The SMILES string of the molecule is NCC(c1cccc(F)c1)N1CCC2CCCCC2C1. The lowest BCUT2D eigenvalue weighted by atomic mass is 9.74. The molecule has 3 rings (SSSR count). The second-order valence-corrected chi connectivity index (χ2v) is 6.39. The fourth-order valence-corrected chi connectivity index (χ4v) is 4.12. The van der Waals surface area contributed by atoms with E-state index in [1.54, 1.807) is 12.1 Å². The first-order valence-corrected chi connectivity index (χ1v) is 7.97. The molecule has 1 heterocycles. The van der Waals surface area contributed by atoms with Crippen LogP contribution in [-0.4, -0.2) is 24.5 Å². The second-order valence-electron chi connectivity index (χ2n) is 6.39. The predicted molar refractivity (Wildman–Crippen MR) is 79.8 cm³/mol. The van der Waals surface area contributed by atoms with Gasteiger partial charge in [-0.2, -0.15) is 0 Å². The van der Waals surface area contributed by atoms with Crippen molar-refractivity contribution in [3.8, 4) is 0 Å². The first kappa shape index (κ1) is 14.0. The van der Waals surface area contributed by atoms with Crippen LogP contribution in [0, 0.1) is 17.7 Å². The quantitative estimate of drug-likeness (QED) is 0.917. The third-order valence-corrected chi connectivity index (χ3v) is 5.22. The first-order chi connectivity index (χ1) is 9.78. The predicted octanol–water partition coefficient (Wildman–Crippen LogP) is 3.34. The lowest BCUT2D eigenvalue weighted by molar-refractivity contribution is 0.0585. The Kier molecular flexibility index (Phi) is 4.37. The Bertz CT molecular complexity index is 448. The van der Waals surface area contributed by atoms with E-state index in [2.05, 4.69) is 4.90 Å². The molecular formula is C17H25FN2. The summed E-state index contributed by atoms with van der Waals surface area (Å²) in [7, 11) is 0. The number of hydrogen-bond acceptors (Lipinski definition) is 2. The number of benzene rings is 1. The maximum atomic E-state index is 13.4. The van der Waals surface area contributed by atoms with Crippen molar-refractivity contribution in [1.82, 2.24) is 4.90 Å². The number of nitrogens with zero attached hydrogens (tertiary/aromatic N) is 1. The Hall–Kier alpha value is -0.930. The molecule has 1 aliphatic carbocycles. The smallest absolute Gasteiger partial charge is 0.123 e. The van der Waals surface area contributed by atoms with Crippen LogP contribution in [0.15, 0.2) is 24.3 Å². The number of piperidine rings is 1. The Morgan fingerprint density at radius 2 is 2.00 bits per heavy atom. The summed E-state index contributed by atoms with van der Waals surface area (Å²) < 4.78 is 13.4. The van der Waals surface area contributed by atoms with Gasteiger partial charge < -0.3 is 5.73 Å². The molecule has 3 atom stereocenters. The Balaban J connectivity index is 1.73. The highest BCUT2D eigenvalue weighted by Crippen LogP contribution is 2.38. The molecule has 1 aromatic carbocycles. The summed E-state index contributed by atoms with van der Waals surface area (Å²) in [5.41, 5.74) is 7.02. The Morgan fingerprint density at radius 3 is 2.75 bits per heavy atom. The molecule has 2 N–H and O–H groups in total. The van der Waals surface area contributed by atoms with E-state index in [-0.39, 0.29) is 11.9 Å². The molecule has 3 unspecified atom stereocenters. The van der Waals surface area contributed by atoms with E-state index in [9.17, 15) is 4.39 Å². The van der Waals surface area contributed by atoms with Crippen molar-refractivity contribution < 1.29 is 4.39 Å². The highest BCUT2D eigenvalue weighted by Gasteiger charge is 2.33. The molecule has 20 heavy (non-hydrogen) atoms. The van der Waals surface area contributed by atoms with Crippen LogP contribution in [0.25, 0.3) is 0 Å². The molecule has 1 saturated carbocycles. The number of fused-ring (bicyclic) bond motifs is 1. The molecule has 110 valence electrons. The molecule has 2 fully saturated rings. The van der Waals surface area contributed by atoms with Crippen LogP contribution in [-0.2, 0) is 0 Å². The lowest BCUT2D eigenvalue weighted by Crippen LogP contribution is -2.45. The summed E-state index contributed by atoms with van der Waals surface area (Å²) in [6.07, 6.45) is 6.84. The number of halogens is 1. The van der Waals surface area contributed by atoms with Crippen LogP contribution in [0.3, 0.4) is 0 Å². The van der Waals surface area contributed by atoms with Crippen molar-refractivity contribution >= 4 is 0 Å². The van der Waals surface area contributed by atoms with Gasteiger partial charge >= 0.3 is 0 Å². The minimum Gasteiger partial charge on any atom is -0.329 e. The van der Waals surface area contributed by atoms with Crippen molar-refractivity contribution in [2.75, 3.05) is 19.6 Å². The maximum absolute atomic E-state index is 13.4. The Morgan fingerprint density at radius 1 is 1.20 bits per heavy atom. The fourth-order valence-electron chi connectivity index (χ4n) is 4.12. The summed E-state index contributed by atoms with van der Waals surface area (Å²) in [4.78, 5) is 2.49. The van der Waals surface area contributed by atoms with Gasteiger partial charge in [0.05, 0.1) is 0 Å². The van der Waals surface area contributed by atoms with Gasteiger partial charge in [0, 0.05) is 19.1 Å². The third-order valence-electron chi connectivity index (χ3n) is 5.22. The third kappa shape index (κ3) is 2.89. The van der Waals surface area contributed by atoms with Crippen LogP contribution < -0.4 is 5.73 Å². The molecule has 1 aliphatic heterocycles. The van der Waals surface area contributed by atoms with E-state index in [4.69, 9.17) is 5.73 Å². The van der Waals surface area contributed by atoms with Crippen molar-refractivity contribution in [3.63, 3.8) is 0 Å². The van der Waals surface area contributed by atoms with Crippen LogP contribution >= 0.6 is 0 Å². The molecule has 0 bridgehead atoms. The fraction of sp³-hybridized carbons (Fsp3) is 0.647. The van der Waals surface area contributed by atoms with E-state index in [0.717, 1.165) is 30.5 Å². The normalized spacial score (nSPS) is 28.9. The second kappa shape index (κ2) is 6.23. The number of likely N-dealkylation sites (tertiary alicyclic amines) is 1. The largest absolute Gasteiger partial charge is 0.329 e. The maximum Gasteiger partial charge on any atom is 0.123 e. The van der Waals surface area contributed by atoms with Crippen molar-refractivity contribution in [3.05, 3.63) is 35.6 Å². The zero-order chi connectivity index (χ0) is 13.9. The van der Waals surface area contributed by atoms with Gasteiger partial charge in [-0.1, -0.05) is 31.4 Å². The van der Waals surface area contributed by atoms with Gasteiger partial charge in [0.25, 0.3) is 0 Å². The minimum atomic E-state index is -0.159. The van der Waals surface area contributed by atoms with E-state index in [1.165, 1.54) is 38.2 Å². The van der Waals surface area contributed by atoms with Crippen LogP contribution in [0.2, 0.25) is 0 Å². The highest BCUT2D eigenvalue weighted by molar-refractivity contribution is 5.21. The monoisotopic (exact) mass is 276 g/mol. The van der Waals surface area contributed by atoms with Gasteiger partial charge in [0.2, 0.25) is 0 Å². The molecule has 2 aliphatic rings. The lowest BCUT2D eigenvalue weighted by Gasteiger charge is -2.44. The molecule has 2 nitrogen and oxygen atoms in total. The minimum absolute atomic E-state index is 0.159. The molecule has 0 radical (unpaired) electrons. The number of rotatable bonds is 3. The average Bonchev–Trinajstić information content (AvgIpc) is 2.48. The van der Waals surface area contributed by atoms with Gasteiger partial charge in [0.15, 0.2) is 0 Å². The summed E-state index contributed by atoms with van der Waals surface area (Å²) in [5.74, 6) is 1.60. The Labute approximate surface area is 121 Å². The molecule has 3 heteroatoms. The van der Waals surface area contributed by atoms with Gasteiger partial charge in [-0.25, -0.2) is 4.39 Å². The van der Waals surface area contributed by atoms with Crippen molar-refractivity contribution in [1.29, 1.82) is 0 Å².